The van der Waals surface area contributed by atoms with E-state index in [0.717, 1.165) is 4.90 Å². The minimum atomic E-state index is -4.40. The van der Waals surface area contributed by atoms with Crippen LogP contribution < -0.4 is 4.90 Å². The number of aryl methyl sites for hydroxylation is 1. The van der Waals surface area contributed by atoms with Gasteiger partial charge in [-0.3, -0.25) is 14.4 Å². The van der Waals surface area contributed by atoms with Gasteiger partial charge in [0.1, 0.15) is 0 Å². The summed E-state index contributed by atoms with van der Waals surface area (Å²) in [5.74, 6) is 0. The molecule has 4 nitrogen and oxygen atoms in total. The maximum absolute atomic E-state index is 13.3. The quantitative estimate of drug-likeness (QED) is 0.278. The van der Waals surface area contributed by atoms with E-state index in [1.807, 2.05) is 0 Å². The summed E-state index contributed by atoms with van der Waals surface area (Å²) in [4.78, 5) is 12.9. The first-order valence-electron chi connectivity index (χ1n) is 8.21. The Bertz CT molecular complexity index is 1000. The number of nitrogens with zero attached hydrogens (tertiary/aromatic N) is 3. The number of carbonyl (C=O) groups is 1. The lowest BCUT2D eigenvalue weighted by molar-refractivity contribution is -0.106. The number of rotatable bonds is 6. The van der Waals surface area contributed by atoms with E-state index in [1.165, 1.54) is 42.2 Å². The van der Waals surface area contributed by atoms with Gasteiger partial charge in [0, 0.05) is 23.7 Å². The molecule has 10 heteroatoms. The van der Waals surface area contributed by atoms with Crippen LogP contribution in [0.2, 0.25) is 0 Å². The first kappa shape index (κ1) is 20.8. The number of benzene rings is 2. The molecule has 0 saturated carbocycles. The van der Waals surface area contributed by atoms with E-state index in [1.54, 1.807) is 24.3 Å². The van der Waals surface area contributed by atoms with Gasteiger partial charge >= 0.3 is 5.51 Å². The molecule has 0 saturated heterocycles. The van der Waals surface area contributed by atoms with Crippen LogP contribution in [-0.4, -0.2) is 21.7 Å². The molecule has 0 radical (unpaired) electrons. The van der Waals surface area contributed by atoms with Gasteiger partial charge in [0.25, 0.3) is 6.43 Å². The van der Waals surface area contributed by atoms with Gasteiger partial charge in [0.05, 0.1) is 11.4 Å². The molecule has 0 N–H and O–H groups in total. The molecule has 0 unspecified atom stereocenters. The second kappa shape index (κ2) is 8.24. The van der Waals surface area contributed by atoms with Crippen molar-refractivity contribution in [2.24, 2.45) is 7.05 Å². The van der Waals surface area contributed by atoms with Gasteiger partial charge in [-0.25, -0.2) is 8.78 Å². The Hall–Kier alpha value is -2.88. The highest BCUT2D eigenvalue weighted by Gasteiger charge is 2.29. The molecule has 0 atom stereocenters. The summed E-state index contributed by atoms with van der Waals surface area (Å²) in [7, 11) is 1.46. The van der Waals surface area contributed by atoms with Crippen molar-refractivity contribution in [3.8, 4) is 11.1 Å². The highest BCUT2D eigenvalue weighted by atomic mass is 32.2. The zero-order valence-corrected chi connectivity index (χ0v) is 15.7. The maximum atomic E-state index is 13.3. The maximum Gasteiger partial charge on any atom is 0.446 e. The van der Waals surface area contributed by atoms with Gasteiger partial charge in [-0.05, 0) is 35.5 Å². The van der Waals surface area contributed by atoms with Crippen molar-refractivity contribution in [3.63, 3.8) is 0 Å². The lowest BCUT2D eigenvalue weighted by Gasteiger charge is -2.21. The highest BCUT2D eigenvalue weighted by Crippen LogP contribution is 2.40. The third-order valence-corrected chi connectivity index (χ3v) is 4.71. The summed E-state index contributed by atoms with van der Waals surface area (Å²) in [6.07, 6.45) is -1.19. The van der Waals surface area contributed by atoms with Gasteiger partial charge in [-0.1, -0.05) is 30.3 Å². The molecule has 0 aliphatic carbocycles. The van der Waals surface area contributed by atoms with E-state index in [2.05, 4.69) is 5.10 Å². The molecular formula is C19H14F5N3OS. The van der Waals surface area contributed by atoms with Crippen LogP contribution in [0.15, 0.2) is 59.6 Å². The second-order valence-corrected chi connectivity index (χ2v) is 7.08. The summed E-state index contributed by atoms with van der Waals surface area (Å²) in [6, 6.07) is 12.1. The second-order valence-electron chi connectivity index (χ2n) is 5.94. The summed E-state index contributed by atoms with van der Waals surface area (Å²) in [6.45, 7) is 0. The summed E-state index contributed by atoms with van der Waals surface area (Å²) in [5, 5.41) is 3.71. The van der Waals surface area contributed by atoms with Gasteiger partial charge in [-0.15, -0.1) is 0 Å². The van der Waals surface area contributed by atoms with Crippen molar-refractivity contribution in [3.05, 3.63) is 60.4 Å². The van der Waals surface area contributed by atoms with E-state index in [4.69, 9.17) is 0 Å². The van der Waals surface area contributed by atoms with E-state index < -0.39 is 17.6 Å². The van der Waals surface area contributed by atoms with Crippen molar-refractivity contribution in [1.82, 2.24) is 9.78 Å². The first-order valence-corrected chi connectivity index (χ1v) is 9.02. The average molecular weight is 427 g/mol. The highest BCUT2D eigenvalue weighted by molar-refractivity contribution is 8.00. The Balaban J connectivity index is 2.03. The van der Waals surface area contributed by atoms with Crippen LogP contribution in [0, 0.1) is 0 Å². The van der Waals surface area contributed by atoms with Crippen LogP contribution in [0.3, 0.4) is 0 Å². The Morgan fingerprint density at radius 2 is 1.72 bits per heavy atom. The molecule has 1 amide bonds. The average Bonchev–Trinajstić information content (AvgIpc) is 3.04. The lowest BCUT2D eigenvalue weighted by Crippen LogP contribution is -2.16. The fourth-order valence-electron chi connectivity index (χ4n) is 2.84. The number of halogens is 5. The Labute approximate surface area is 166 Å². The molecule has 0 aliphatic heterocycles. The third kappa shape index (κ3) is 4.76. The monoisotopic (exact) mass is 427 g/mol. The summed E-state index contributed by atoms with van der Waals surface area (Å²) >= 11 is -0.237. The minimum Gasteiger partial charge on any atom is -0.279 e. The summed E-state index contributed by atoms with van der Waals surface area (Å²) in [5.41, 5.74) is -3.71. The van der Waals surface area contributed by atoms with Crippen LogP contribution in [0.4, 0.5) is 33.3 Å². The largest absolute Gasteiger partial charge is 0.446 e. The molecule has 0 aliphatic rings. The molecule has 2 aromatic carbocycles. The van der Waals surface area contributed by atoms with Crippen LogP contribution in [0.25, 0.3) is 11.1 Å². The zero-order valence-electron chi connectivity index (χ0n) is 14.9. The molecule has 0 bridgehead atoms. The number of hydrogen-bond donors (Lipinski definition) is 0. The van der Waals surface area contributed by atoms with Gasteiger partial charge in [0.15, 0.2) is 5.69 Å². The Kier molecular flexibility index (Phi) is 5.92. The molecule has 3 rings (SSSR count). The van der Waals surface area contributed by atoms with Crippen LogP contribution >= 0.6 is 11.8 Å². The number of thioether (sulfide) groups is 1. The normalized spacial score (nSPS) is 11.7. The fraction of sp³-hybridized carbons (Fsp3) is 0.158. The summed E-state index contributed by atoms with van der Waals surface area (Å²) < 4.78 is 65.4. The number of amides is 1. The lowest BCUT2D eigenvalue weighted by atomic mass is 10.0. The number of anilines is 2. The molecule has 29 heavy (non-hydrogen) atoms. The zero-order chi connectivity index (χ0) is 21.2. The van der Waals surface area contributed by atoms with Gasteiger partial charge in [0.2, 0.25) is 6.41 Å². The molecule has 1 heterocycles. The van der Waals surface area contributed by atoms with Crippen molar-refractivity contribution >= 4 is 29.5 Å². The van der Waals surface area contributed by atoms with Crippen LogP contribution in [0.5, 0.6) is 0 Å². The van der Waals surface area contributed by atoms with E-state index in [-0.39, 0.29) is 22.3 Å². The molecule has 3 aromatic rings. The number of para-hydroxylation sites is 1. The first-order chi connectivity index (χ1) is 13.7. The number of hydrogen-bond acceptors (Lipinski definition) is 3. The van der Waals surface area contributed by atoms with Crippen molar-refractivity contribution in [2.75, 3.05) is 4.90 Å². The van der Waals surface area contributed by atoms with Gasteiger partial charge < -0.3 is 0 Å². The fourth-order valence-corrected chi connectivity index (χ4v) is 3.38. The van der Waals surface area contributed by atoms with Crippen LogP contribution in [-0.2, 0) is 11.8 Å². The number of aromatic nitrogens is 2. The van der Waals surface area contributed by atoms with Crippen molar-refractivity contribution in [2.45, 2.75) is 16.8 Å². The number of carbonyl (C=O) groups excluding carboxylic acids is 1. The smallest absolute Gasteiger partial charge is 0.279 e. The Morgan fingerprint density at radius 1 is 1.07 bits per heavy atom. The van der Waals surface area contributed by atoms with Crippen molar-refractivity contribution in [1.29, 1.82) is 0 Å². The standard InChI is InChI=1S/C19H14F5N3OS/c1-26-10-16(17(25-26)18(20)21)27(11-28)15-5-3-2-4-14(15)12-6-8-13(9-7-12)29-19(22,23)24/h2-11,18H,1H3. The molecule has 0 fully saturated rings. The molecule has 0 spiro atoms. The van der Waals surface area contributed by atoms with Gasteiger partial charge in [-0.2, -0.15) is 18.3 Å². The SMILES string of the molecule is Cn1cc(N(C=O)c2ccccc2-c2ccc(SC(F)(F)F)cc2)c(C(F)F)n1. The molecule has 152 valence electrons. The topological polar surface area (TPSA) is 38.1 Å². The van der Waals surface area contributed by atoms with Crippen molar-refractivity contribution < 1.29 is 26.7 Å². The number of alkyl halides is 5. The predicted molar refractivity (Wildman–Crippen MR) is 100 cm³/mol. The minimum absolute atomic E-state index is 0.0122. The van der Waals surface area contributed by atoms with E-state index >= 15 is 0 Å². The van der Waals surface area contributed by atoms with E-state index in [0.29, 0.717) is 23.2 Å². The van der Waals surface area contributed by atoms with Crippen LogP contribution in [0.1, 0.15) is 12.1 Å². The molecular weight excluding hydrogens is 413 g/mol. The molecule has 1 aromatic heterocycles. The van der Waals surface area contributed by atoms with E-state index in [9.17, 15) is 26.7 Å². The Morgan fingerprint density at radius 3 is 2.31 bits per heavy atom. The third-order valence-electron chi connectivity index (χ3n) is 3.97. The predicted octanol–water partition coefficient (Wildman–Crippen LogP) is 5.93.